The van der Waals surface area contributed by atoms with E-state index in [-0.39, 0.29) is 6.61 Å². The van der Waals surface area contributed by atoms with Gasteiger partial charge in [-0.05, 0) is 30.0 Å². The Kier molecular flexibility index (Phi) is 5.10. The SMILES string of the molecule is CC1(C)C[C@H]2C[C@](C)(C[NH+]2C[C@@H](O)COc2ccc(Cl)cc2Cl)C1. The van der Waals surface area contributed by atoms with Gasteiger partial charge < -0.3 is 14.7 Å². The van der Waals surface area contributed by atoms with Crippen molar-refractivity contribution < 1.29 is 14.7 Å². The van der Waals surface area contributed by atoms with Gasteiger partial charge in [-0.3, -0.25) is 0 Å². The van der Waals surface area contributed by atoms with Gasteiger partial charge in [-0.15, -0.1) is 0 Å². The minimum atomic E-state index is -0.488. The quantitative estimate of drug-likeness (QED) is 0.831. The Bertz CT molecular complexity index is 607. The van der Waals surface area contributed by atoms with Crippen LogP contribution in [0.4, 0.5) is 0 Å². The molecule has 0 spiro atoms. The maximum Gasteiger partial charge on any atom is 0.138 e. The first-order chi connectivity index (χ1) is 11.2. The molecule has 3 nitrogen and oxygen atoms in total. The van der Waals surface area contributed by atoms with E-state index in [1.165, 1.54) is 24.2 Å². The number of rotatable bonds is 5. The molecule has 1 saturated heterocycles. The maximum absolute atomic E-state index is 10.4. The number of quaternary nitrogens is 1. The molecule has 0 aromatic heterocycles. The van der Waals surface area contributed by atoms with Crippen molar-refractivity contribution in [3.8, 4) is 5.75 Å². The molecule has 134 valence electrons. The normalized spacial score (nSPS) is 32.6. The van der Waals surface area contributed by atoms with E-state index < -0.39 is 6.10 Å². The number of halogens is 2. The Balaban J connectivity index is 1.55. The monoisotopic (exact) mass is 372 g/mol. The molecule has 0 amide bonds. The zero-order chi connectivity index (χ0) is 17.5. The van der Waals surface area contributed by atoms with E-state index in [0.29, 0.717) is 32.7 Å². The van der Waals surface area contributed by atoms with Crippen LogP contribution < -0.4 is 9.64 Å². The Hall–Kier alpha value is -0.480. The third-order valence-electron chi connectivity index (χ3n) is 5.50. The van der Waals surface area contributed by atoms with Crippen molar-refractivity contribution in [3.05, 3.63) is 28.2 Å². The maximum atomic E-state index is 10.4. The van der Waals surface area contributed by atoms with Crippen LogP contribution in [-0.2, 0) is 0 Å². The predicted octanol–water partition coefficient (Wildman–Crippen LogP) is 3.22. The molecule has 2 fully saturated rings. The van der Waals surface area contributed by atoms with Crippen LogP contribution in [0.1, 0.15) is 40.0 Å². The van der Waals surface area contributed by atoms with Gasteiger partial charge >= 0.3 is 0 Å². The lowest BCUT2D eigenvalue weighted by Crippen LogP contribution is -3.15. The molecule has 4 atom stereocenters. The summed E-state index contributed by atoms with van der Waals surface area (Å²) in [6.45, 7) is 9.31. The van der Waals surface area contributed by atoms with Gasteiger partial charge in [-0.1, -0.05) is 44.0 Å². The zero-order valence-corrected chi connectivity index (χ0v) is 16.3. The van der Waals surface area contributed by atoms with Gasteiger partial charge in [0.05, 0.1) is 17.6 Å². The van der Waals surface area contributed by atoms with Crippen LogP contribution >= 0.6 is 23.2 Å². The van der Waals surface area contributed by atoms with Gasteiger partial charge in [0.15, 0.2) is 0 Å². The van der Waals surface area contributed by atoms with Crippen molar-refractivity contribution in [2.24, 2.45) is 10.8 Å². The average Bonchev–Trinajstić information content (AvgIpc) is 2.66. The molecule has 1 aromatic rings. The molecule has 1 saturated carbocycles. The van der Waals surface area contributed by atoms with E-state index in [0.717, 1.165) is 13.1 Å². The van der Waals surface area contributed by atoms with E-state index in [2.05, 4.69) is 20.8 Å². The molecule has 3 rings (SSSR count). The molecule has 1 aliphatic carbocycles. The van der Waals surface area contributed by atoms with E-state index in [9.17, 15) is 5.11 Å². The summed E-state index contributed by atoms with van der Waals surface area (Å²) in [5.41, 5.74) is 0.833. The van der Waals surface area contributed by atoms with Crippen molar-refractivity contribution >= 4 is 23.2 Å². The highest BCUT2D eigenvalue weighted by atomic mass is 35.5. The van der Waals surface area contributed by atoms with Gasteiger partial charge in [-0.25, -0.2) is 0 Å². The summed E-state index contributed by atoms with van der Waals surface area (Å²) < 4.78 is 5.69. The first-order valence-corrected chi connectivity index (χ1v) is 9.52. The van der Waals surface area contributed by atoms with Crippen molar-refractivity contribution in [3.63, 3.8) is 0 Å². The fraction of sp³-hybridized carbons (Fsp3) is 0.684. The molecule has 5 heteroatoms. The second kappa shape index (κ2) is 6.68. The number of benzene rings is 1. The highest BCUT2D eigenvalue weighted by Gasteiger charge is 2.52. The van der Waals surface area contributed by atoms with Crippen LogP contribution in [0.15, 0.2) is 18.2 Å². The van der Waals surface area contributed by atoms with Crippen LogP contribution in [0.25, 0.3) is 0 Å². The Morgan fingerprint density at radius 2 is 2.04 bits per heavy atom. The van der Waals surface area contributed by atoms with Crippen molar-refractivity contribution in [2.45, 2.75) is 52.2 Å². The highest BCUT2D eigenvalue weighted by Crippen LogP contribution is 2.47. The Morgan fingerprint density at radius 3 is 2.75 bits per heavy atom. The number of ether oxygens (including phenoxy) is 1. The fourth-order valence-electron chi connectivity index (χ4n) is 5.13. The molecule has 1 heterocycles. The lowest BCUT2D eigenvalue weighted by molar-refractivity contribution is -0.917. The number of hydrogen-bond donors (Lipinski definition) is 2. The molecular weight excluding hydrogens is 345 g/mol. The summed E-state index contributed by atoms with van der Waals surface area (Å²) in [5, 5.41) is 11.5. The minimum Gasteiger partial charge on any atom is -0.489 e. The van der Waals surface area contributed by atoms with Crippen molar-refractivity contribution in [2.75, 3.05) is 19.7 Å². The van der Waals surface area contributed by atoms with Gasteiger partial charge in [0, 0.05) is 23.3 Å². The van der Waals surface area contributed by atoms with Gasteiger partial charge in [0.1, 0.15) is 25.0 Å². The van der Waals surface area contributed by atoms with Crippen molar-refractivity contribution in [1.82, 2.24) is 0 Å². The highest BCUT2D eigenvalue weighted by molar-refractivity contribution is 6.35. The molecule has 0 radical (unpaired) electrons. The topological polar surface area (TPSA) is 33.9 Å². The lowest BCUT2D eigenvalue weighted by atomic mass is 9.65. The fourth-order valence-corrected chi connectivity index (χ4v) is 5.59. The summed E-state index contributed by atoms with van der Waals surface area (Å²) in [7, 11) is 0. The molecule has 24 heavy (non-hydrogen) atoms. The molecule has 2 aliphatic rings. The number of aliphatic hydroxyl groups is 1. The first-order valence-electron chi connectivity index (χ1n) is 8.76. The lowest BCUT2D eigenvalue weighted by Gasteiger charge is -2.37. The molecule has 1 unspecified atom stereocenters. The van der Waals surface area contributed by atoms with Gasteiger partial charge in [-0.2, -0.15) is 0 Å². The third kappa shape index (κ3) is 4.19. The Labute approximate surface area is 154 Å². The summed E-state index contributed by atoms with van der Waals surface area (Å²) in [4.78, 5) is 1.53. The van der Waals surface area contributed by atoms with Gasteiger partial charge in [0.25, 0.3) is 0 Å². The number of aliphatic hydroxyl groups excluding tert-OH is 1. The van der Waals surface area contributed by atoms with E-state index >= 15 is 0 Å². The summed E-state index contributed by atoms with van der Waals surface area (Å²) in [5.74, 6) is 0.573. The zero-order valence-electron chi connectivity index (χ0n) is 14.7. The number of likely N-dealkylation sites (tertiary alicyclic amines) is 1. The first kappa shape index (κ1) is 18.3. The van der Waals surface area contributed by atoms with Gasteiger partial charge in [0.2, 0.25) is 0 Å². The summed E-state index contributed by atoms with van der Waals surface area (Å²) >= 11 is 12.0. The minimum absolute atomic E-state index is 0.262. The van der Waals surface area contributed by atoms with E-state index in [1.807, 2.05) is 0 Å². The van der Waals surface area contributed by atoms with Crippen LogP contribution in [0.3, 0.4) is 0 Å². The molecular formula is C19H28Cl2NO2+. The van der Waals surface area contributed by atoms with Crippen LogP contribution in [0.2, 0.25) is 10.0 Å². The van der Waals surface area contributed by atoms with Crippen LogP contribution in [-0.4, -0.2) is 36.9 Å². The standard InChI is InChI=1S/C19H27Cl2NO2/c1-18(2)7-14-8-19(3,11-18)12-22(14)9-15(23)10-24-17-5-4-13(20)6-16(17)21/h4-6,14-15,23H,7-12H2,1-3H3/p+1/t14-,15+,19-/m0/s1. The smallest absolute Gasteiger partial charge is 0.138 e. The Morgan fingerprint density at radius 1 is 1.29 bits per heavy atom. The predicted molar refractivity (Wildman–Crippen MR) is 98.2 cm³/mol. The molecule has 1 aromatic carbocycles. The number of nitrogens with one attached hydrogen (secondary N) is 1. The third-order valence-corrected chi connectivity index (χ3v) is 6.03. The largest absolute Gasteiger partial charge is 0.489 e. The second-order valence-electron chi connectivity index (χ2n) is 8.84. The number of hydrogen-bond acceptors (Lipinski definition) is 2. The molecule has 2 bridgehead atoms. The van der Waals surface area contributed by atoms with Crippen molar-refractivity contribution in [1.29, 1.82) is 0 Å². The number of fused-ring (bicyclic) bond motifs is 2. The van der Waals surface area contributed by atoms with Crippen LogP contribution in [0.5, 0.6) is 5.75 Å². The molecule has 1 aliphatic heterocycles. The van der Waals surface area contributed by atoms with E-state index in [1.54, 1.807) is 18.2 Å². The van der Waals surface area contributed by atoms with Crippen LogP contribution in [0, 0.1) is 10.8 Å². The average molecular weight is 373 g/mol. The van der Waals surface area contributed by atoms with E-state index in [4.69, 9.17) is 27.9 Å². The summed E-state index contributed by atoms with van der Waals surface area (Å²) in [6, 6.07) is 5.80. The summed E-state index contributed by atoms with van der Waals surface area (Å²) in [6.07, 6.45) is 3.32. The molecule has 2 N–H and O–H groups in total. The second-order valence-corrected chi connectivity index (χ2v) is 9.68.